The van der Waals surface area contributed by atoms with E-state index < -0.39 is 10.0 Å². The Balaban J connectivity index is 2.45. The molecule has 17 heavy (non-hydrogen) atoms. The van der Waals surface area contributed by atoms with Crippen LogP contribution in [0, 0.1) is 6.92 Å². The molecule has 1 rings (SSSR count). The van der Waals surface area contributed by atoms with Crippen molar-refractivity contribution in [3.05, 3.63) is 21.9 Å². The minimum Gasteiger partial charge on any atom is -0.308 e. The van der Waals surface area contributed by atoms with Gasteiger partial charge in [-0.3, -0.25) is 0 Å². The highest BCUT2D eigenvalue weighted by Gasteiger charge is 2.14. The summed E-state index contributed by atoms with van der Waals surface area (Å²) in [5, 5.41) is 5.30. The van der Waals surface area contributed by atoms with E-state index in [1.54, 1.807) is 25.4 Å². The Kier molecular flexibility index (Phi) is 5.12. The number of hydrogen-bond donors (Lipinski definition) is 1. The molecule has 1 N–H and O–H groups in total. The van der Waals surface area contributed by atoms with E-state index in [1.807, 2.05) is 0 Å². The van der Waals surface area contributed by atoms with E-state index in [9.17, 15) is 8.42 Å². The van der Waals surface area contributed by atoms with Crippen LogP contribution in [0.5, 0.6) is 0 Å². The molecule has 0 fully saturated rings. The van der Waals surface area contributed by atoms with Crippen LogP contribution in [0.1, 0.15) is 23.4 Å². The first kappa shape index (κ1) is 14.6. The standard InChI is InChI=1S/C11H20N2O2S2/c1-9-5-7-16-11(9)10(2)12-6-8-17(14,15)13(3)4/h5,7,10,12H,6,8H2,1-4H3. The second-order valence-corrected chi connectivity index (χ2v) is 7.49. The Morgan fingerprint density at radius 3 is 2.59 bits per heavy atom. The summed E-state index contributed by atoms with van der Waals surface area (Å²) in [5.74, 6) is 0.134. The smallest absolute Gasteiger partial charge is 0.214 e. The van der Waals surface area contributed by atoms with E-state index in [1.165, 1.54) is 14.7 Å². The van der Waals surface area contributed by atoms with Crippen molar-refractivity contribution in [2.24, 2.45) is 0 Å². The van der Waals surface area contributed by atoms with Crippen LogP contribution in [0.3, 0.4) is 0 Å². The Labute approximate surface area is 108 Å². The van der Waals surface area contributed by atoms with Gasteiger partial charge in [0.2, 0.25) is 10.0 Å². The van der Waals surface area contributed by atoms with Gasteiger partial charge in [-0.15, -0.1) is 11.3 Å². The van der Waals surface area contributed by atoms with Gasteiger partial charge < -0.3 is 5.32 Å². The zero-order chi connectivity index (χ0) is 13.1. The Morgan fingerprint density at radius 1 is 1.47 bits per heavy atom. The minimum absolute atomic E-state index is 0.134. The van der Waals surface area contributed by atoms with Crippen LogP contribution in [-0.4, -0.2) is 39.1 Å². The summed E-state index contributed by atoms with van der Waals surface area (Å²) in [6.07, 6.45) is 0. The molecule has 0 radical (unpaired) electrons. The van der Waals surface area contributed by atoms with Gasteiger partial charge in [0.15, 0.2) is 0 Å². The van der Waals surface area contributed by atoms with E-state index in [4.69, 9.17) is 0 Å². The third-order valence-electron chi connectivity index (χ3n) is 2.66. The van der Waals surface area contributed by atoms with Crippen molar-refractivity contribution < 1.29 is 8.42 Å². The number of thiophene rings is 1. The molecule has 0 amide bonds. The summed E-state index contributed by atoms with van der Waals surface area (Å²) < 4.78 is 24.4. The summed E-state index contributed by atoms with van der Waals surface area (Å²) in [6.45, 7) is 4.60. The van der Waals surface area contributed by atoms with Crippen LogP contribution in [0.25, 0.3) is 0 Å². The maximum absolute atomic E-state index is 11.6. The van der Waals surface area contributed by atoms with Gasteiger partial charge in [0, 0.05) is 31.6 Å². The van der Waals surface area contributed by atoms with Crippen LogP contribution >= 0.6 is 11.3 Å². The molecule has 1 aromatic rings. The van der Waals surface area contributed by atoms with Crippen LogP contribution < -0.4 is 5.32 Å². The third-order valence-corrected chi connectivity index (χ3v) is 5.70. The monoisotopic (exact) mass is 276 g/mol. The summed E-state index contributed by atoms with van der Waals surface area (Å²) in [5.41, 5.74) is 1.26. The van der Waals surface area contributed by atoms with E-state index >= 15 is 0 Å². The van der Waals surface area contributed by atoms with E-state index in [2.05, 4.69) is 30.6 Å². The largest absolute Gasteiger partial charge is 0.308 e. The summed E-state index contributed by atoms with van der Waals surface area (Å²) in [4.78, 5) is 1.27. The summed E-state index contributed by atoms with van der Waals surface area (Å²) in [6, 6.07) is 2.28. The lowest BCUT2D eigenvalue weighted by atomic mass is 10.2. The number of sulfonamides is 1. The quantitative estimate of drug-likeness (QED) is 0.858. The molecule has 0 spiro atoms. The lowest BCUT2D eigenvalue weighted by molar-refractivity contribution is 0.513. The highest BCUT2D eigenvalue weighted by atomic mass is 32.2. The maximum Gasteiger partial charge on any atom is 0.214 e. The van der Waals surface area contributed by atoms with Crippen LogP contribution in [0.4, 0.5) is 0 Å². The predicted molar refractivity (Wildman–Crippen MR) is 72.9 cm³/mol. The van der Waals surface area contributed by atoms with Gasteiger partial charge in [-0.25, -0.2) is 12.7 Å². The van der Waals surface area contributed by atoms with Crippen LogP contribution in [0.15, 0.2) is 11.4 Å². The molecule has 1 heterocycles. The number of nitrogens with one attached hydrogen (secondary N) is 1. The van der Waals surface area contributed by atoms with Crippen molar-refractivity contribution in [3.63, 3.8) is 0 Å². The van der Waals surface area contributed by atoms with Crippen LogP contribution in [0.2, 0.25) is 0 Å². The molecule has 1 unspecified atom stereocenters. The molecule has 98 valence electrons. The van der Waals surface area contributed by atoms with Crippen molar-refractivity contribution in [2.45, 2.75) is 19.9 Å². The average Bonchev–Trinajstić information content (AvgIpc) is 2.63. The first-order valence-electron chi connectivity index (χ1n) is 5.52. The van der Waals surface area contributed by atoms with Crippen molar-refractivity contribution in [1.82, 2.24) is 9.62 Å². The normalized spacial score (nSPS) is 14.2. The molecule has 6 heteroatoms. The zero-order valence-corrected chi connectivity index (χ0v) is 12.4. The van der Waals surface area contributed by atoms with E-state index in [0.29, 0.717) is 6.54 Å². The van der Waals surface area contributed by atoms with E-state index in [0.717, 1.165) is 0 Å². The second-order valence-electron chi connectivity index (χ2n) is 4.24. The molecule has 4 nitrogen and oxygen atoms in total. The lowest BCUT2D eigenvalue weighted by Crippen LogP contribution is -2.32. The molecule has 0 aliphatic heterocycles. The molecule has 1 atom stereocenters. The molecule has 0 saturated heterocycles. The van der Waals surface area contributed by atoms with Gasteiger partial charge in [0.1, 0.15) is 0 Å². The molecule has 0 saturated carbocycles. The van der Waals surface area contributed by atoms with Gasteiger partial charge >= 0.3 is 0 Å². The highest BCUT2D eigenvalue weighted by Crippen LogP contribution is 2.23. The molecule has 0 aliphatic carbocycles. The fourth-order valence-corrected chi connectivity index (χ4v) is 3.21. The number of aryl methyl sites for hydroxylation is 1. The van der Waals surface area contributed by atoms with Gasteiger partial charge in [0.25, 0.3) is 0 Å². The lowest BCUT2D eigenvalue weighted by Gasteiger charge is -2.15. The fraction of sp³-hybridized carbons (Fsp3) is 0.636. The molecule has 0 aliphatic rings. The topological polar surface area (TPSA) is 49.4 Å². The van der Waals surface area contributed by atoms with Crippen molar-refractivity contribution in [3.8, 4) is 0 Å². The average molecular weight is 276 g/mol. The molecular weight excluding hydrogens is 256 g/mol. The van der Waals surface area contributed by atoms with E-state index in [-0.39, 0.29) is 11.8 Å². The SMILES string of the molecule is Cc1ccsc1C(C)NCCS(=O)(=O)N(C)C. The minimum atomic E-state index is -3.10. The van der Waals surface area contributed by atoms with Crippen molar-refractivity contribution in [2.75, 3.05) is 26.4 Å². The van der Waals surface area contributed by atoms with Crippen LogP contribution in [-0.2, 0) is 10.0 Å². The van der Waals surface area contributed by atoms with Crippen molar-refractivity contribution >= 4 is 21.4 Å². The molecule has 0 aromatic carbocycles. The third kappa shape index (κ3) is 4.06. The number of rotatable bonds is 6. The Morgan fingerprint density at radius 2 is 2.12 bits per heavy atom. The van der Waals surface area contributed by atoms with Gasteiger partial charge in [-0.2, -0.15) is 0 Å². The van der Waals surface area contributed by atoms with Gasteiger partial charge in [0.05, 0.1) is 5.75 Å². The molecule has 0 bridgehead atoms. The van der Waals surface area contributed by atoms with Gasteiger partial charge in [-0.1, -0.05) is 0 Å². The first-order chi connectivity index (χ1) is 7.84. The second kappa shape index (κ2) is 5.95. The number of nitrogens with zero attached hydrogens (tertiary/aromatic N) is 1. The van der Waals surface area contributed by atoms with Crippen molar-refractivity contribution in [1.29, 1.82) is 0 Å². The molecule has 1 aromatic heterocycles. The maximum atomic E-state index is 11.6. The highest BCUT2D eigenvalue weighted by molar-refractivity contribution is 7.89. The summed E-state index contributed by atoms with van der Waals surface area (Å²) in [7, 11) is 0.0169. The Hall–Kier alpha value is -0.430. The van der Waals surface area contributed by atoms with Gasteiger partial charge in [-0.05, 0) is 30.9 Å². The number of hydrogen-bond acceptors (Lipinski definition) is 4. The Bertz CT molecular complexity index is 452. The fourth-order valence-electron chi connectivity index (χ4n) is 1.51. The summed E-state index contributed by atoms with van der Waals surface area (Å²) >= 11 is 1.70. The first-order valence-corrected chi connectivity index (χ1v) is 8.01. The predicted octanol–water partition coefficient (Wildman–Crippen LogP) is 1.60. The molecular formula is C11H20N2O2S2. The zero-order valence-electron chi connectivity index (χ0n) is 10.7.